The normalized spacial score (nSPS) is 11.2. The minimum Gasteiger partial charge on any atom is -0.434 e. The molecule has 3 N–H and O–H groups in total. The Bertz CT molecular complexity index is 948. The van der Waals surface area contributed by atoms with Crippen molar-refractivity contribution in [2.75, 3.05) is 0 Å². The molecule has 2 aromatic carbocycles. The molecule has 4 rings (SSSR count). The van der Waals surface area contributed by atoms with Gasteiger partial charge in [-0.1, -0.05) is 24.3 Å². The average molecular weight is 277 g/mol. The van der Waals surface area contributed by atoms with Crippen molar-refractivity contribution in [2.24, 2.45) is 5.73 Å². The summed E-state index contributed by atoms with van der Waals surface area (Å²) in [6.07, 6.45) is 0. The number of primary amides is 1. The van der Waals surface area contributed by atoms with Gasteiger partial charge in [0.05, 0.1) is 5.56 Å². The standard InChI is InChI=1S/C16H11N3O2/c17-15(20)10-5-3-7-12-14(10)21-16(19-12)13-8-9-4-1-2-6-11(9)18-13/h1-8,18H,(H2,17,20). The fraction of sp³-hybridized carbons (Fsp3) is 0. The number of fused-ring (bicyclic) bond motifs is 2. The van der Waals surface area contributed by atoms with E-state index in [0.717, 1.165) is 16.6 Å². The van der Waals surface area contributed by atoms with Crippen LogP contribution in [0.1, 0.15) is 10.4 Å². The predicted molar refractivity (Wildman–Crippen MR) is 79.8 cm³/mol. The summed E-state index contributed by atoms with van der Waals surface area (Å²) in [5, 5.41) is 1.07. The first kappa shape index (κ1) is 11.7. The maximum absolute atomic E-state index is 11.4. The third-order valence-electron chi connectivity index (χ3n) is 3.44. The van der Waals surface area contributed by atoms with Crippen LogP contribution in [-0.2, 0) is 0 Å². The van der Waals surface area contributed by atoms with Crippen LogP contribution in [0.5, 0.6) is 0 Å². The minimum absolute atomic E-state index is 0.336. The highest BCUT2D eigenvalue weighted by Gasteiger charge is 2.15. The van der Waals surface area contributed by atoms with Gasteiger partial charge in [0.2, 0.25) is 5.89 Å². The molecule has 2 heterocycles. The lowest BCUT2D eigenvalue weighted by Gasteiger charge is -1.94. The lowest BCUT2D eigenvalue weighted by Crippen LogP contribution is -2.10. The van der Waals surface area contributed by atoms with Gasteiger partial charge in [-0.3, -0.25) is 4.79 Å². The molecule has 0 radical (unpaired) electrons. The SMILES string of the molecule is NC(=O)c1cccc2nc(-c3cc4ccccc4[nH]3)oc12. The molecular formula is C16H11N3O2. The van der Waals surface area contributed by atoms with Crippen molar-refractivity contribution < 1.29 is 9.21 Å². The minimum atomic E-state index is -0.528. The smallest absolute Gasteiger partial charge is 0.252 e. The van der Waals surface area contributed by atoms with E-state index in [9.17, 15) is 4.79 Å². The zero-order valence-electron chi connectivity index (χ0n) is 11.0. The van der Waals surface area contributed by atoms with Gasteiger partial charge in [-0.2, -0.15) is 0 Å². The third kappa shape index (κ3) is 1.79. The van der Waals surface area contributed by atoms with E-state index >= 15 is 0 Å². The van der Waals surface area contributed by atoms with Gasteiger partial charge >= 0.3 is 0 Å². The van der Waals surface area contributed by atoms with Gasteiger partial charge in [-0.05, 0) is 24.3 Å². The summed E-state index contributed by atoms with van der Waals surface area (Å²) in [5.74, 6) is -0.0881. The molecule has 5 nitrogen and oxygen atoms in total. The van der Waals surface area contributed by atoms with E-state index in [2.05, 4.69) is 9.97 Å². The van der Waals surface area contributed by atoms with E-state index in [1.165, 1.54) is 0 Å². The number of amides is 1. The molecule has 102 valence electrons. The molecule has 1 amide bonds. The molecule has 4 aromatic rings. The summed E-state index contributed by atoms with van der Waals surface area (Å²) >= 11 is 0. The topological polar surface area (TPSA) is 84.9 Å². The molecule has 0 aliphatic rings. The van der Waals surface area contributed by atoms with Crippen LogP contribution in [0.2, 0.25) is 0 Å². The van der Waals surface area contributed by atoms with Gasteiger partial charge in [-0.15, -0.1) is 0 Å². The maximum atomic E-state index is 11.4. The lowest BCUT2D eigenvalue weighted by atomic mass is 10.2. The Hall–Kier alpha value is -3.08. The molecule has 0 spiro atoms. The van der Waals surface area contributed by atoms with E-state index in [1.54, 1.807) is 18.2 Å². The molecule has 0 atom stereocenters. The van der Waals surface area contributed by atoms with Crippen LogP contribution in [0, 0.1) is 0 Å². The molecule has 5 heteroatoms. The molecule has 2 aromatic heterocycles. The van der Waals surface area contributed by atoms with E-state index in [4.69, 9.17) is 10.2 Å². The van der Waals surface area contributed by atoms with E-state index in [0.29, 0.717) is 22.6 Å². The molecule has 0 saturated heterocycles. The Morgan fingerprint density at radius 1 is 1.14 bits per heavy atom. The Morgan fingerprint density at radius 3 is 2.81 bits per heavy atom. The zero-order valence-corrected chi connectivity index (χ0v) is 11.0. The summed E-state index contributed by atoms with van der Waals surface area (Å²) in [6.45, 7) is 0. The van der Waals surface area contributed by atoms with Gasteiger partial charge < -0.3 is 15.1 Å². The number of oxazole rings is 1. The Kier molecular flexibility index (Phi) is 2.35. The molecular weight excluding hydrogens is 266 g/mol. The Morgan fingerprint density at radius 2 is 2.00 bits per heavy atom. The average Bonchev–Trinajstić information content (AvgIpc) is 3.09. The number of rotatable bonds is 2. The van der Waals surface area contributed by atoms with Gasteiger partial charge in [-0.25, -0.2) is 4.98 Å². The van der Waals surface area contributed by atoms with Crippen molar-refractivity contribution in [1.82, 2.24) is 9.97 Å². The van der Waals surface area contributed by atoms with Gasteiger partial charge in [0.1, 0.15) is 11.2 Å². The largest absolute Gasteiger partial charge is 0.434 e. The van der Waals surface area contributed by atoms with E-state index < -0.39 is 5.91 Å². The Balaban J connectivity index is 1.94. The summed E-state index contributed by atoms with van der Waals surface area (Å²) in [4.78, 5) is 19.1. The molecule has 0 fully saturated rings. The first-order valence-corrected chi connectivity index (χ1v) is 6.50. The monoisotopic (exact) mass is 277 g/mol. The molecule has 0 aliphatic carbocycles. The first-order valence-electron chi connectivity index (χ1n) is 6.50. The van der Waals surface area contributed by atoms with Crippen molar-refractivity contribution in [3.05, 3.63) is 54.1 Å². The van der Waals surface area contributed by atoms with Crippen LogP contribution in [0.4, 0.5) is 0 Å². The number of carbonyl (C=O) groups is 1. The van der Waals surface area contributed by atoms with E-state index in [1.807, 2.05) is 30.3 Å². The van der Waals surface area contributed by atoms with Crippen LogP contribution in [-0.4, -0.2) is 15.9 Å². The molecule has 0 unspecified atom stereocenters. The van der Waals surface area contributed by atoms with Gasteiger partial charge in [0, 0.05) is 10.9 Å². The van der Waals surface area contributed by atoms with Crippen LogP contribution in [0.25, 0.3) is 33.6 Å². The van der Waals surface area contributed by atoms with Gasteiger partial charge in [0.15, 0.2) is 5.58 Å². The first-order chi connectivity index (χ1) is 10.2. The van der Waals surface area contributed by atoms with Gasteiger partial charge in [0.25, 0.3) is 5.91 Å². The number of hydrogen-bond acceptors (Lipinski definition) is 3. The highest BCUT2D eigenvalue weighted by Crippen LogP contribution is 2.28. The second-order valence-electron chi connectivity index (χ2n) is 4.81. The van der Waals surface area contributed by atoms with Crippen molar-refractivity contribution in [3.63, 3.8) is 0 Å². The molecule has 0 aliphatic heterocycles. The molecule has 0 saturated carbocycles. The quantitative estimate of drug-likeness (QED) is 0.590. The summed E-state index contributed by atoms with van der Waals surface area (Å²) in [6, 6.07) is 15.0. The number of carbonyl (C=O) groups excluding carboxylic acids is 1. The van der Waals surface area contributed by atoms with Crippen LogP contribution in [0.3, 0.4) is 0 Å². The van der Waals surface area contributed by atoms with Crippen molar-refractivity contribution >= 4 is 27.9 Å². The lowest BCUT2D eigenvalue weighted by molar-refractivity contribution is 0.100. The van der Waals surface area contributed by atoms with Crippen molar-refractivity contribution in [2.45, 2.75) is 0 Å². The second kappa shape index (κ2) is 4.21. The van der Waals surface area contributed by atoms with Crippen molar-refractivity contribution in [1.29, 1.82) is 0 Å². The number of nitrogens with zero attached hydrogens (tertiary/aromatic N) is 1. The third-order valence-corrected chi connectivity index (χ3v) is 3.44. The van der Waals surface area contributed by atoms with Crippen molar-refractivity contribution in [3.8, 4) is 11.6 Å². The highest BCUT2D eigenvalue weighted by atomic mass is 16.3. The summed E-state index contributed by atoms with van der Waals surface area (Å²) in [7, 11) is 0. The number of aromatic nitrogens is 2. The highest BCUT2D eigenvalue weighted by molar-refractivity contribution is 6.03. The summed E-state index contributed by atoms with van der Waals surface area (Å²) < 4.78 is 5.73. The number of para-hydroxylation sites is 2. The number of aromatic amines is 1. The van der Waals surface area contributed by atoms with Crippen LogP contribution < -0.4 is 5.73 Å². The number of H-pyrrole nitrogens is 1. The molecule has 0 bridgehead atoms. The number of nitrogens with two attached hydrogens (primary N) is 1. The summed E-state index contributed by atoms with van der Waals surface area (Å²) in [5.41, 5.74) is 8.49. The van der Waals surface area contributed by atoms with Crippen LogP contribution >= 0.6 is 0 Å². The fourth-order valence-electron chi connectivity index (χ4n) is 2.45. The second-order valence-corrected chi connectivity index (χ2v) is 4.81. The van der Waals surface area contributed by atoms with E-state index in [-0.39, 0.29) is 0 Å². The number of nitrogens with one attached hydrogen (secondary N) is 1. The number of benzene rings is 2. The fourth-order valence-corrected chi connectivity index (χ4v) is 2.45. The Labute approximate surface area is 119 Å². The number of hydrogen-bond donors (Lipinski definition) is 2. The predicted octanol–water partition coefficient (Wildman–Crippen LogP) is 3.08. The maximum Gasteiger partial charge on any atom is 0.252 e. The molecule has 21 heavy (non-hydrogen) atoms. The van der Waals surface area contributed by atoms with Crippen LogP contribution in [0.15, 0.2) is 52.9 Å². The zero-order chi connectivity index (χ0) is 14.4.